The summed E-state index contributed by atoms with van der Waals surface area (Å²) < 4.78 is 0. The van der Waals surface area contributed by atoms with Crippen LogP contribution in [0.2, 0.25) is 0 Å². The minimum Gasteiger partial charge on any atom is -0.385 e. The van der Waals surface area contributed by atoms with Crippen molar-refractivity contribution in [2.45, 2.75) is 19.1 Å². The largest absolute Gasteiger partial charge is 0.385 e. The predicted octanol–water partition coefficient (Wildman–Crippen LogP) is 1.71. The fraction of sp³-hybridized carbons (Fsp3) is 0.333. The number of rotatable bonds is 5. The zero-order chi connectivity index (χ0) is 10.4. The Balaban J connectivity index is 2.32. The number of hydrogen-bond acceptors (Lipinski definition) is 2. The molecule has 0 saturated heterocycles. The van der Waals surface area contributed by atoms with E-state index in [4.69, 9.17) is 0 Å². The van der Waals surface area contributed by atoms with Gasteiger partial charge in [-0.1, -0.05) is 36.4 Å². The molecule has 0 amide bonds. The van der Waals surface area contributed by atoms with Crippen LogP contribution in [-0.4, -0.2) is 17.3 Å². The minimum atomic E-state index is -0.825. The van der Waals surface area contributed by atoms with E-state index in [0.717, 1.165) is 6.54 Å². The first-order chi connectivity index (χ1) is 6.64. The molecule has 1 atom stereocenters. The third-order valence-electron chi connectivity index (χ3n) is 2.09. The highest BCUT2D eigenvalue weighted by molar-refractivity contribution is 5.14. The van der Waals surface area contributed by atoms with Crippen molar-refractivity contribution >= 4 is 0 Å². The number of nitrogens with one attached hydrogen (secondary N) is 1. The minimum absolute atomic E-state index is 0.519. The van der Waals surface area contributed by atoms with Gasteiger partial charge in [-0.15, -0.1) is 6.58 Å². The van der Waals surface area contributed by atoms with E-state index in [1.165, 1.54) is 5.56 Å². The molecule has 0 aromatic heterocycles. The van der Waals surface area contributed by atoms with Gasteiger partial charge in [-0.3, -0.25) is 0 Å². The summed E-state index contributed by atoms with van der Waals surface area (Å²) >= 11 is 0. The summed E-state index contributed by atoms with van der Waals surface area (Å²) in [6, 6.07) is 10.1. The maximum absolute atomic E-state index is 9.62. The molecule has 0 radical (unpaired) electrons. The van der Waals surface area contributed by atoms with Crippen LogP contribution in [0, 0.1) is 0 Å². The van der Waals surface area contributed by atoms with Gasteiger partial charge >= 0.3 is 0 Å². The van der Waals surface area contributed by atoms with Crippen LogP contribution >= 0.6 is 0 Å². The van der Waals surface area contributed by atoms with Crippen molar-refractivity contribution in [3.8, 4) is 0 Å². The second-order valence-electron chi connectivity index (χ2n) is 3.65. The van der Waals surface area contributed by atoms with Gasteiger partial charge in [0, 0.05) is 13.1 Å². The molecule has 2 nitrogen and oxygen atoms in total. The summed E-state index contributed by atoms with van der Waals surface area (Å²) in [6.45, 7) is 6.59. The Labute approximate surface area is 85.3 Å². The first kappa shape index (κ1) is 11.0. The topological polar surface area (TPSA) is 32.3 Å². The first-order valence-electron chi connectivity index (χ1n) is 4.75. The number of benzene rings is 1. The van der Waals surface area contributed by atoms with Crippen LogP contribution in [0.1, 0.15) is 12.5 Å². The normalized spacial score (nSPS) is 14.7. The Bertz CT molecular complexity index is 280. The van der Waals surface area contributed by atoms with Crippen LogP contribution < -0.4 is 5.32 Å². The summed E-state index contributed by atoms with van der Waals surface area (Å²) in [6.07, 6.45) is 1.55. The van der Waals surface area contributed by atoms with Gasteiger partial charge in [0.1, 0.15) is 0 Å². The van der Waals surface area contributed by atoms with Gasteiger partial charge in [-0.05, 0) is 12.5 Å². The lowest BCUT2D eigenvalue weighted by atomic mass is 10.1. The molecule has 0 saturated carbocycles. The fourth-order valence-electron chi connectivity index (χ4n) is 1.13. The molecule has 0 aliphatic rings. The van der Waals surface area contributed by atoms with Crippen molar-refractivity contribution in [1.29, 1.82) is 0 Å². The molecule has 0 unspecified atom stereocenters. The maximum Gasteiger partial charge on any atom is 0.0921 e. The van der Waals surface area contributed by atoms with Crippen LogP contribution in [0.3, 0.4) is 0 Å². The second kappa shape index (κ2) is 4.94. The smallest absolute Gasteiger partial charge is 0.0921 e. The third-order valence-corrected chi connectivity index (χ3v) is 2.09. The van der Waals surface area contributed by atoms with Crippen LogP contribution in [0.25, 0.3) is 0 Å². The molecule has 1 aromatic rings. The molecule has 1 aromatic carbocycles. The van der Waals surface area contributed by atoms with Crippen molar-refractivity contribution in [2.24, 2.45) is 0 Å². The highest BCUT2D eigenvalue weighted by Gasteiger charge is 2.13. The van der Waals surface area contributed by atoms with E-state index < -0.39 is 5.60 Å². The van der Waals surface area contributed by atoms with E-state index in [2.05, 4.69) is 24.0 Å². The molecule has 0 spiro atoms. The average Bonchev–Trinajstić information content (AvgIpc) is 2.19. The van der Waals surface area contributed by atoms with Crippen molar-refractivity contribution in [1.82, 2.24) is 5.32 Å². The lowest BCUT2D eigenvalue weighted by molar-refractivity contribution is 0.110. The second-order valence-corrected chi connectivity index (χ2v) is 3.65. The molecular weight excluding hydrogens is 174 g/mol. The quantitative estimate of drug-likeness (QED) is 0.694. The third kappa shape index (κ3) is 3.73. The van der Waals surface area contributed by atoms with Crippen molar-refractivity contribution < 1.29 is 5.11 Å². The van der Waals surface area contributed by atoms with E-state index in [0.29, 0.717) is 6.54 Å². The van der Waals surface area contributed by atoms with Gasteiger partial charge in [-0.2, -0.15) is 0 Å². The summed E-state index contributed by atoms with van der Waals surface area (Å²) in [7, 11) is 0. The van der Waals surface area contributed by atoms with Crippen molar-refractivity contribution in [3.63, 3.8) is 0 Å². The highest BCUT2D eigenvalue weighted by atomic mass is 16.3. The Hall–Kier alpha value is -1.12. The summed E-state index contributed by atoms with van der Waals surface area (Å²) in [5.74, 6) is 0. The molecule has 0 heterocycles. The van der Waals surface area contributed by atoms with Gasteiger partial charge in [-0.25, -0.2) is 0 Å². The van der Waals surface area contributed by atoms with Crippen LogP contribution in [0.4, 0.5) is 0 Å². The summed E-state index contributed by atoms with van der Waals surface area (Å²) in [5, 5.41) is 12.8. The zero-order valence-electron chi connectivity index (χ0n) is 8.53. The summed E-state index contributed by atoms with van der Waals surface area (Å²) in [4.78, 5) is 0. The van der Waals surface area contributed by atoms with E-state index >= 15 is 0 Å². The molecule has 1 rings (SSSR count). The monoisotopic (exact) mass is 191 g/mol. The molecule has 0 aliphatic carbocycles. The Morgan fingerprint density at radius 2 is 2.07 bits per heavy atom. The Morgan fingerprint density at radius 1 is 1.43 bits per heavy atom. The average molecular weight is 191 g/mol. The lowest BCUT2D eigenvalue weighted by Gasteiger charge is -2.18. The van der Waals surface area contributed by atoms with Gasteiger partial charge in [0.05, 0.1) is 5.60 Å². The van der Waals surface area contributed by atoms with E-state index in [9.17, 15) is 5.11 Å². The van der Waals surface area contributed by atoms with Crippen molar-refractivity contribution in [2.75, 3.05) is 6.54 Å². The zero-order valence-corrected chi connectivity index (χ0v) is 8.53. The predicted molar refractivity (Wildman–Crippen MR) is 59.0 cm³/mol. The number of hydrogen-bond donors (Lipinski definition) is 2. The van der Waals surface area contributed by atoms with E-state index in [-0.39, 0.29) is 0 Å². The number of aliphatic hydroxyl groups is 1. The first-order valence-corrected chi connectivity index (χ1v) is 4.75. The van der Waals surface area contributed by atoms with Gasteiger partial charge < -0.3 is 10.4 Å². The Morgan fingerprint density at radius 3 is 2.64 bits per heavy atom. The molecule has 2 N–H and O–H groups in total. The molecule has 0 fully saturated rings. The fourth-order valence-corrected chi connectivity index (χ4v) is 1.13. The molecule has 2 heteroatoms. The molecule has 14 heavy (non-hydrogen) atoms. The van der Waals surface area contributed by atoms with Gasteiger partial charge in [0.2, 0.25) is 0 Å². The van der Waals surface area contributed by atoms with Gasteiger partial charge in [0.15, 0.2) is 0 Å². The molecular formula is C12H17NO. The van der Waals surface area contributed by atoms with E-state index in [1.54, 1.807) is 13.0 Å². The Kier molecular flexibility index (Phi) is 3.86. The molecule has 0 aliphatic heterocycles. The highest BCUT2D eigenvalue weighted by Crippen LogP contribution is 2.03. The van der Waals surface area contributed by atoms with E-state index in [1.807, 2.05) is 18.2 Å². The van der Waals surface area contributed by atoms with Crippen LogP contribution in [0.15, 0.2) is 43.0 Å². The lowest BCUT2D eigenvalue weighted by Crippen LogP contribution is -2.35. The van der Waals surface area contributed by atoms with Gasteiger partial charge in [0.25, 0.3) is 0 Å². The van der Waals surface area contributed by atoms with Crippen LogP contribution in [-0.2, 0) is 6.54 Å². The van der Waals surface area contributed by atoms with Crippen molar-refractivity contribution in [3.05, 3.63) is 48.6 Å². The summed E-state index contributed by atoms with van der Waals surface area (Å²) in [5.41, 5.74) is 0.391. The standard InChI is InChI=1S/C12H17NO/c1-3-12(2,14)10-13-9-11-7-5-4-6-8-11/h3-8,13-14H,1,9-10H2,2H3/t12-/m0/s1. The molecule has 76 valence electrons. The SMILES string of the molecule is C=C[C@](C)(O)CNCc1ccccc1. The maximum atomic E-state index is 9.62. The van der Waals surface area contributed by atoms with Crippen LogP contribution in [0.5, 0.6) is 0 Å². The molecule has 0 bridgehead atoms.